The summed E-state index contributed by atoms with van der Waals surface area (Å²) in [4.78, 5) is 26.0. The minimum atomic E-state index is -0.570. The summed E-state index contributed by atoms with van der Waals surface area (Å²) < 4.78 is 10.1. The number of H-pyrrole nitrogens is 1. The van der Waals surface area contributed by atoms with E-state index in [0.29, 0.717) is 49.8 Å². The average Bonchev–Trinajstić information content (AvgIpc) is 3.18. The number of tetrazole rings is 1. The van der Waals surface area contributed by atoms with Gasteiger partial charge in [-0.2, -0.15) is 5.21 Å². The van der Waals surface area contributed by atoms with Gasteiger partial charge in [-0.3, -0.25) is 4.90 Å². The quantitative estimate of drug-likeness (QED) is 0.722. The molecule has 1 saturated carbocycles. The van der Waals surface area contributed by atoms with Gasteiger partial charge in [-0.05, 0) is 44.4 Å². The molecule has 1 aromatic heterocycles. The highest BCUT2D eigenvalue weighted by Crippen LogP contribution is 2.39. The zero-order chi connectivity index (χ0) is 18.5. The van der Waals surface area contributed by atoms with Gasteiger partial charge < -0.3 is 14.8 Å². The normalized spacial score (nSPS) is 28.3. The standard InChI is InChI=1S/C16H26N6O4/c1-3-26-15(23)13-7-11-6-12(17-8-14-18-20-21-19-14)5-4-10(11)9-22(13)16(24)25-2/h10-13,17H,3-9H2,1-2H3,(H,18,19,20,21)/t10-,11+,12-,13-/m0/s1. The number of hydrogen-bond acceptors (Lipinski definition) is 8. The van der Waals surface area contributed by atoms with Crippen LogP contribution in [0.25, 0.3) is 0 Å². The molecule has 0 aromatic carbocycles. The molecule has 2 fully saturated rings. The number of carbonyl (C=O) groups excluding carboxylic acids is 2. The van der Waals surface area contributed by atoms with Crippen molar-refractivity contribution in [3.8, 4) is 0 Å². The third-order valence-electron chi connectivity index (χ3n) is 5.38. The van der Waals surface area contributed by atoms with Crippen LogP contribution in [0.3, 0.4) is 0 Å². The Kier molecular flexibility index (Phi) is 6.02. The molecule has 1 aliphatic carbocycles. The van der Waals surface area contributed by atoms with Crippen LogP contribution in [0.1, 0.15) is 38.4 Å². The highest BCUT2D eigenvalue weighted by atomic mass is 16.6. The number of esters is 1. The minimum Gasteiger partial charge on any atom is -0.464 e. The highest BCUT2D eigenvalue weighted by Gasteiger charge is 2.44. The van der Waals surface area contributed by atoms with Crippen molar-refractivity contribution in [1.82, 2.24) is 30.8 Å². The molecule has 1 saturated heterocycles. The molecule has 3 rings (SSSR count). The SMILES string of the molecule is CCOC(=O)[C@@H]1C[C@H]2C[C@@H](NCc3nn[nH]n3)CC[C@H]2CN1C(=O)OC. The summed E-state index contributed by atoms with van der Waals surface area (Å²) >= 11 is 0. The number of methoxy groups -OCH3 is 1. The van der Waals surface area contributed by atoms with Gasteiger partial charge in [0.25, 0.3) is 0 Å². The van der Waals surface area contributed by atoms with Crippen molar-refractivity contribution < 1.29 is 19.1 Å². The smallest absolute Gasteiger partial charge is 0.410 e. The molecule has 26 heavy (non-hydrogen) atoms. The second-order valence-corrected chi connectivity index (χ2v) is 6.87. The Balaban J connectivity index is 1.62. The lowest BCUT2D eigenvalue weighted by molar-refractivity contribution is -0.152. The van der Waals surface area contributed by atoms with E-state index in [1.165, 1.54) is 12.0 Å². The van der Waals surface area contributed by atoms with Gasteiger partial charge in [0.15, 0.2) is 5.82 Å². The summed E-state index contributed by atoms with van der Waals surface area (Å²) in [5.41, 5.74) is 0. The number of hydrogen-bond donors (Lipinski definition) is 2. The van der Waals surface area contributed by atoms with Gasteiger partial charge in [-0.1, -0.05) is 5.21 Å². The van der Waals surface area contributed by atoms with Crippen molar-refractivity contribution in [2.24, 2.45) is 11.8 Å². The van der Waals surface area contributed by atoms with Gasteiger partial charge in [0, 0.05) is 12.6 Å². The molecule has 1 aromatic rings. The first-order valence-electron chi connectivity index (χ1n) is 9.09. The second kappa shape index (κ2) is 8.43. The van der Waals surface area contributed by atoms with E-state index in [4.69, 9.17) is 9.47 Å². The second-order valence-electron chi connectivity index (χ2n) is 6.87. The van der Waals surface area contributed by atoms with Gasteiger partial charge in [0.05, 0.1) is 20.3 Å². The van der Waals surface area contributed by atoms with E-state index in [2.05, 4.69) is 25.9 Å². The number of ether oxygens (including phenoxy) is 2. The molecule has 0 bridgehead atoms. The molecule has 2 aliphatic rings. The lowest BCUT2D eigenvalue weighted by Crippen LogP contribution is -2.56. The first kappa shape index (κ1) is 18.6. The lowest BCUT2D eigenvalue weighted by Gasteiger charge is -2.46. The Labute approximate surface area is 152 Å². The van der Waals surface area contributed by atoms with E-state index in [-0.39, 0.29) is 5.97 Å². The topological polar surface area (TPSA) is 122 Å². The molecule has 1 aliphatic heterocycles. The largest absolute Gasteiger partial charge is 0.464 e. The molecular weight excluding hydrogens is 340 g/mol. The third-order valence-corrected chi connectivity index (χ3v) is 5.38. The van der Waals surface area contributed by atoms with Gasteiger partial charge >= 0.3 is 12.1 Å². The van der Waals surface area contributed by atoms with E-state index in [0.717, 1.165) is 19.3 Å². The summed E-state index contributed by atoms with van der Waals surface area (Å²) in [6.45, 7) is 3.17. The van der Waals surface area contributed by atoms with Crippen LogP contribution in [-0.2, 0) is 20.8 Å². The number of nitrogens with one attached hydrogen (secondary N) is 2. The molecular formula is C16H26N6O4. The molecule has 0 radical (unpaired) electrons. The monoisotopic (exact) mass is 366 g/mol. The van der Waals surface area contributed by atoms with Crippen LogP contribution in [0.5, 0.6) is 0 Å². The van der Waals surface area contributed by atoms with E-state index in [1.54, 1.807) is 6.92 Å². The Morgan fingerprint density at radius 3 is 2.85 bits per heavy atom. The van der Waals surface area contributed by atoms with Crippen molar-refractivity contribution in [2.45, 2.75) is 51.2 Å². The number of carbonyl (C=O) groups is 2. The number of amides is 1. The number of fused-ring (bicyclic) bond motifs is 1. The van der Waals surface area contributed by atoms with E-state index in [9.17, 15) is 9.59 Å². The lowest BCUT2D eigenvalue weighted by atomic mass is 9.71. The summed E-state index contributed by atoms with van der Waals surface area (Å²) in [5.74, 6) is 1.03. The molecule has 2 heterocycles. The predicted octanol–water partition coefficient (Wildman–Crippen LogP) is 0.478. The van der Waals surface area contributed by atoms with E-state index >= 15 is 0 Å². The number of rotatable bonds is 5. The summed E-state index contributed by atoms with van der Waals surface area (Å²) in [6, 6.07) is -0.234. The molecule has 0 unspecified atom stereocenters. The Morgan fingerprint density at radius 1 is 1.31 bits per heavy atom. The zero-order valence-corrected chi connectivity index (χ0v) is 15.2. The zero-order valence-electron chi connectivity index (χ0n) is 15.2. The van der Waals surface area contributed by atoms with Crippen LogP contribution < -0.4 is 5.32 Å². The Hall–Kier alpha value is -2.23. The number of aromatic nitrogens is 4. The molecule has 10 nitrogen and oxygen atoms in total. The fourth-order valence-corrected chi connectivity index (χ4v) is 4.11. The fourth-order valence-electron chi connectivity index (χ4n) is 4.11. The van der Waals surface area contributed by atoms with Gasteiger partial charge in [-0.25, -0.2) is 9.59 Å². The predicted molar refractivity (Wildman–Crippen MR) is 89.8 cm³/mol. The number of piperidine rings is 1. The summed E-state index contributed by atoms with van der Waals surface area (Å²) in [5, 5.41) is 17.4. The van der Waals surface area contributed by atoms with Crippen molar-refractivity contribution >= 4 is 12.1 Å². The van der Waals surface area contributed by atoms with E-state index in [1.807, 2.05) is 0 Å². The van der Waals surface area contributed by atoms with Gasteiger partial charge in [0.2, 0.25) is 0 Å². The van der Waals surface area contributed by atoms with Crippen molar-refractivity contribution in [2.75, 3.05) is 20.3 Å². The maximum absolute atomic E-state index is 12.4. The first-order valence-corrected chi connectivity index (χ1v) is 9.09. The van der Waals surface area contributed by atoms with Gasteiger partial charge in [0.1, 0.15) is 6.04 Å². The van der Waals surface area contributed by atoms with Crippen LogP contribution in [0.4, 0.5) is 4.79 Å². The number of nitrogens with zero attached hydrogens (tertiary/aromatic N) is 4. The number of aromatic amines is 1. The highest BCUT2D eigenvalue weighted by molar-refractivity contribution is 5.81. The summed E-state index contributed by atoms with van der Waals surface area (Å²) in [7, 11) is 1.34. The molecule has 1 amide bonds. The average molecular weight is 366 g/mol. The van der Waals surface area contributed by atoms with Crippen molar-refractivity contribution in [3.05, 3.63) is 5.82 Å². The Morgan fingerprint density at radius 2 is 2.15 bits per heavy atom. The summed E-state index contributed by atoms with van der Waals surface area (Å²) in [6.07, 6.45) is 3.11. The van der Waals surface area contributed by atoms with Crippen LogP contribution >= 0.6 is 0 Å². The molecule has 2 N–H and O–H groups in total. The molecule has 10 heteroatoms. The van der Waals surface area contributed by atoms with E-state index < -0.39 is 12.1 Å². The molecule has 4 atom stereocenters. The van der Waals surface area contributed by atoms with Crippen LogP contribution in [0.2, 0.25) is 0 Å². The van der Waals surface area contributed by atoms with Gasteiger partial charge in [-0.15, -0.1) is 10.2 Å². The first-order chi connectivity index (χ1) is 12.6. The maximum atomic E-state index is 12.4. The van der Waals surface area contributed by atoms with Crippen LogP contribution in [0.15, 0.2) is 0 Å². The van der Waals surface area contributed by atoms with Crippen LogP contribution in [0, 0.1) is 11.8 Å². The minimum absolute atomic E-state index is 0.299. The molecule has 0 spiro atoms. The number of likely N-dealkylation sites (tertiary alicyclic amines) is 1. The molecule has 144 valence electrons. The maximum Gasteiger partial charge on any atom is 0.410 e. The Bertz CT molecular complexity index is 610. The van der Waals surface area contributed by atoms with Crippen LogP contribution in [-0.4, -0.2) is 69.9 Å². The van der Waals surface area contributed by atoms with Crippen molar-refractivity contribution in [3.63, 3.8) is 0 Å². The fraction of sp³-hybridized carbons (Fsp3) is 0.812. The van der Waals surface area contributed by atoms with Crippen molar-refractivity contribution in [1.29, 1.82) is 0 Å². The third kappa shape index (κ3) is 4.12.